The monoisotopic (exact) mass is 334 g/mol. The van der Waals surface area contributed by atoms with Gasteiger partial charge in [0.05, 0.1) is 17.9 Å². The first-order valence-electron chi connectivity index (χ1n) is 9.01. The largest absolute Gasteiger partial charge is 0.461 e. The maximum atomic E-state index is 12.3. The van der Waals surface area contributed by atoms with Crippen molar-refractivity contribution in [2.24, 2.45) is 23.7 Å². The van der Waals surface area contributed by atoms with E-state index in [-0.39, 0.29) is 59.5 Å². The second kappa shape index (κ2) is 5.07. The van der Waals surface area contributed by atoms with Gasteiger partial charge in [0, 0.05) is 18.3 Å². The van der Waals surface area contributed by atoms with Crippen molar-refractivity contribution in [2.45, 2.75) is 71.4 Å². The Kier molecular flexibility index (Phi) is 3.41. The van der Waals surface area contributed by atoms with Gasteiger partial charge in [-0.25, -0.2) is 0 Å². The highest BCUT2D eigenvalue weighted by atomic mass is 16.6. The van der Waals surface area contributed by atoms with Crippen molar-refractivity contribution >= 4 is 11.9 Å². The van der Waals surface area contributed by atoms with E-state index in [1.165, 1.54) is 11.1 Å². The van der Waals surface area contributed by atoms with Crippen LogP contribution in [0.1, 0.15) is 47.5 Å². The molecule has 3 fully saturated rings. The van der Waals surface area contributed by atoms with Crippen molar-refractivity contribution in [3.8, 4) is 0 Å². The number of epoxide rings is 1. The van der Waals surface area contributed by atoms with Crippen LogP contribution in [0.2, 0.25) is 0 Å². The Morgan fingerprint density at radius 3 is 2.71 bits per heavy atom. The van der Waals surface area contributed by atoms with E-state index in [2.05, 4.69) is 13.8 Å². The van der Waals surface area contributed by atoms with E-state index in [1.807, 2.05) is 20.8 Å². The van der Waals surface area contributed by atoms with Crippen molar-refractivity contribution in [1.29, 1.82) is 0 Å². The summed E-state index contributed by atoms with van der Waals surface area (Å²) < 4.78 is 17.6. The summed E-state index contributed by atoms with van der Waals surface area (Å²) in [7, 11) is 0. The lowest BCUT2D eigenvalue weighted by Gasteiger charge is -2.31. The van der Waals surface area contributed by atoms with Crippen LogP contribution >= 0.6 is 0 Å². The molecule has 0 spiro atoms. The predicted molar refractivity (Wildman–Crippen MR) is 86.0 cm³/mol. The van der Waals surface area contributed by atoms with Crippen LogP contribution < -0.4 is 0 Å². The number of hydrogen-bond acceptors (Lipinski definition) is 5. The molecule has 0 N–H and O–H groups in total. The van der Waals surface area contributed by atoms with Gasteiger partial charge in [-0.15, -0.1) is 0 Å². The molecule has 2 saturated heterocycles. The van der Waals surface area contributed by atoms with Gasteiger partial charge in [-0.1, -0.05) is 31.9 Å². The molecule has 132 valence electrons. The molecular formula is C19H26O5. The SMILES string of the molecule is CC1=C2C[C@H]3O[C@@]3(C)[C@@H]2[C@H]2OC(=O)[C@@H](C)[C@@H]2[C@@H](OC(=O)C(C)C)C1. The highest BCUT2D eigenvalue weighted by Gasteiger charge is 2.70. The Bertz CT molecular complexity index is 636. The lowest BCUT2D eigenvalue weighted by molar-refractivity contribution is -0.157. The van der Waals surface area contributed by atoms with Gasteiger partial charge in [0.2, 0.25) is 0 Å². The van der Waals surface area contributed by atoms with Crippen LogP contribution in [-0.2, 0) is 23.8 Å². The lowest BCUT2D eigenvalue weighted by atomic mass is 9.78. The number of ether oxygens (including phenoxy) is 3. The third kappa shape index (κ3) is 2.10. The van der Waals surface area contributed by atoms with Gasteiger partial charge in [0.15, 0.2) is 0 Å². The summed E-state index contributed by atoms with van der Waals surface area (Å²) in [4.78, 5) is 24.5. The van der Waals surface area contributed by atoms with E-state index in [0.29, 0.717) is 6.42 Å². The van der Waals surface area contributed by atoms with Crippen molar-refractivity contribution in [3.05, 3.63) is 11.1 Å². The van der Waals surface area contributed by atoms with Crippen LogP contribution in [0.25, 0.3) is 0 Å². The molecule has 4 rings (SSSR count). The molecule has 0 aromatic heterocycles. The number of rotatable bonds is 2. The zero-order chi connectivity index (χ0) is 17.4. The van der Waals surface area contributed by atoms with Crippen molar-refractivity contribution in [2.75, 3.05) is 0 Å². The first-order valence-corrected chi connectivity index (χ1v) is 9.01. The van der Waals surface area contributed by atoms with Crippen molar-refractivity contribution in [3.63, 3.8) is 0 Å². The summed E-state index contributed by atoms with van der Waals surface area (Å²) in [6.07, 6.45) is 1.30. The van der Waals surface area contributed by atoms with E-state index in [4.69, 9.17) is 14.2 Å². The highest BCUT2D eigenvalue weighted by molar-refractivity contribution is 5.76. The quantitative estimate of drug-likeness (QED) is 0.441. The van der Waals surface area contributed by atoms with Gasteiger partial charge in [-0.3, -0.25) is 9.59 Å². The lowest BCUT2D eigenvalue weighted by Crippen LogP contribution is -2.41. The normalized spacial score (nSPS) is 46.2. The first kappa shape index (κ1) is 16.1. The van der Waals surface area contributed by atoms with E-state index >= 15 is 0 Å². The summed E-state index contributed by atoms with van der Waals surface area (Å²) in [5, 5.41) is 0. The fourth-order valence-electron chi connectivity index (χ4n) is 4.99. The number of fused-ring (bicyclic) bond motifs is 5. The molecule has 5 heteroatoms. The smallest absolute Gasteiger partial charge is 0.309 e. The van der Waals surface area contributed by atoms with Gasteiger partial charge in [0.1, 0.15) is 17.8 Å². The second-order valence-electron chi connectivity index (χ2n) is 8.38. The maximum Gasteiger partial charge on any atom is 0.309 e. The fraction of sp³-hybridized carbons (Fsp3) is 0.789. The van der Waals surface area contributed by atoms with Gasteiger partial charge >= 0.3 is 11.9 Å². The molecule has 0 radical (unpaired) electrons. The minimum absolute atomic E-state index is 0.0996. The zero-order valence-corrected chi connectivity index (χ0v) is 15.0. The summed E-state index contributed by atoms with van der Waals surface area (Å²) in [5.74, 6) is -0.819. The van der Waals surface area contributed by atoms with Crippen LogP contribution in [-0.4, -0.2) is 35.9 Å². The Hall–Kier alpha value is -1.36. The molecular weight excluding hydrogens is 308 g/mol. The second-order valence-corrected chi connectivity index (χ2v) is 8.38. The topological polar surface area (TPSA) is 65.1 Å². The molecule has 4 aliphatic rings. The van der Waals surface area contributed by atoms with Gasteiger partial charge in [0.25, 0.3) is 0 Å². The third-order valence-electron chi connectivity index (χ3n) is 6.51. The predicted octanol–water partition coefficient (Wildman–Crippen LogP) is 2.63. The van der Waals surface area contributed by atoms with Crippen molar-refractivity contribution < 1.29 is 23.8 Å². The summed E-state index contributed by atoms with van der Waals surface area (Å²) >= 11 is 0. The Morgan fingerprint density at radius 2 is 2.04 bits per heavy atom. The van der Waals surface area contributed by atoms with Crippen LogP contribution in [0.3, 0.4) is 0 Å². The Morgan fingerprint density at radius 1 is 1.33 bits per heavy atom. The average molecular weight is 334 g/mol. The molecule has 0 bridgehead atoms. The minimum atomic E-state index is -0.301. The van der Waals surface area contributed by atoms with Crippen molar-refractivity contribution in [1.82, 2.24) is 0 Å². The van der Waals surface area contributed by atoms with Gasteiger partial charge in [-0.05, 0) is 20.3 Å². The molecule has 2 aliphatic heterocycles. The number of carbonyl (C=O) groups is 2. The maximum absolute atomic E-state index is 12.3. The van der Waals surface area contributed by atoms with E-state index < -0.39 is 0 Å². The zero-order valence-electron chi connectivity index (χ0n) is 15.0. The molecule has 0 unspecified atom stereocenters. The Labute approximate surface area is 142 Å². The van der Waals surface area contributed by atoms with Gasteiger partial charge in [-0.2, -0.15) is 0 Å². The number of hydrogen-bond donors (Lipinski definition) is 0. The number of esters is 2. The first-order chi connectivity index (χ1) is 11.2. The Balaban J connectivity index is 1.72. The van der Waals surface area contributed by atoms with Crippen LogP contribution in [0.15, 0.2) is 11.1 Å². The molecule has 1 saturated carbocycles. The van der Waals surface area contributed by atoms with E-state index in [0.717, 1.165) is 6.42 Å². The fourth-order valence-corrected chi connectivity index (χ4v) is 4.99. The highest BCUT2D eigenvalue weighted by Crippen LogP contribution is 2.62. The van der Waals surface area contributed by atoms with E-state index in [1.54, 1.807) is 0 Å². The van der Waals surface area contributed by atoms with E-state index in [9.17, 15) is 9.59 Å². The average Bonchev–Trinajstić information content (AvgIpc) is 2.97. The molecule has 7 atom stereocenters. The summed E-state index contributed by atoms with van der Waals surface area (Å²) in [5.41, 5.74) is 2.41. The van der Waals surface area contributed by atoms with Crippen LogP contribution in [0.5, 0.6) is 0 Å². The van der Waals surface area contributed by atoms with Crippen LogP contribution in [0, 0.1) is 23.7 Å². The summed E-state index contributed by atoms with van der Waals surface area (Å²) in [6, 6.07) is 0. The molecule has 24 heavy (non-hydrogen) atoms. The third-order valence-corrected chi connectivity index (χ3v) is 6.51. The minimum Gasteiger partial charge on any atom is -0.461 e. The molecule has 5 nitrogen and oxygen atoms in total. The van der Waals surface area contributed by atoms with Crippen LogP contribution in [0.4, 0.5) is 0 Å². The number of carbonyl (C=O) groups excluding carboxylic acids is 2. The molecule has 0 amide bonds. The van der Waals surface area contributed by atoms with Gasteiger partial charge < -0.3 is 14.2 Å². The standard InChI is InChI=1S/C19H26O5/c1-8(2)17(20)22-12-6-9(3)11-7-13-19(5,24-13)15(11)16-14(12)10(4)18(21)23-16/h8,10,12-16H,6-7H2,1-5H3/t10-,12-,13+,14+,15-,16-,19+/m0/s1. The molecule has 0 aromatic rings. The molecule has 2 aliphatic carbocycles. The molecule has 2 heterocycles. The summed E-state index contributed by atoms with van der Waals surface area (Å²) in [6.45, 7) is 9.81. The molecule has 0 aromatic carbocycles.